The number of phenolic OH excluding ortho intramolecular Hbond substituents is 1. The third-order valence-corrected chi connectivity index (χ3v) is 3.89. The highest BCUT2D eigenvalue weighted by Crippen LogP contribution is 2.13. The summed E-state index contributed by atoms with van der Waals surface area (Å²) in [6.45, 7) is 5.13. The van der Waals surface area contributed by atoms with Crippen molar-refractivity contribution in [3.05, 3.63) is 45.9 Å². The summed E-state index contributed by atoms with van der Waals surface area (Å²) in [4.78, 5) is 0. The Morgan fingerprint density at radius 3 is 2.76 bits per heavy atom. The molecular formula is C13H16ClNOS. The summed E-state index contributed by atoms with van der Waals surface area (Å²) in [6.07, 6.45) is 1.05. The van der Waals surface area contributed by atoms with Gasteiger partial charge in [-0.2, -0.15) is 4.57 Å². The van der Waals surface area contributed by atoms with Crippen LogP contribution in [0.15, 0.2) is 29.6 Å². The second-order valence-electron chi connectivity index (χ2n) is 3.88. The van der Waals surface area contributed by atoms with E-state index in [1.54, 1.807) is 17.4 Å². The van der Waals surface area contributed by atoms with Gasteiger partial charge in [-0.05, 0) is 12.1 Å². The van der Waals surface area contributed by atoms with Gasteiger partial charge in [0, 0.05) is 18.9 Å². The minimum Gasteiger partial charge on any atom is -1.00 e. The zero-order chi connectivity index (χ0) is 11.5. The predicted octanol–water partition coefficient (Wildman–Crippen LogP) is -0.336. The van der Waals surface area contributed by atoms with Gasteiger partial charge in [0.15, 0.2) is 12.2 Å². The van der Waals surface area contributed by atoms with Crippen molar-refractivity contribution in [1.82, 2.24) is 0 Å². The summed E-state index contributed by atoms with van der Waals surface area (Å²) < 4.78 is 2.30. The molecule has 0 spiro atoms. The van der Waals surface area contributed by atoms with Crippen LogP contribution >= 0.6 is 11.3 Å². The standard InChI is InChI=1S/C13H15NOS.ClH/c1-3-13-14(10(2)9-16-13)8-11-5-4-6-12(15)7-11;/h4-7,9H,3,8H2,1-2H3;1H. The highest BCUT2D eigenvalue weighted by Gasteiger charge is 2.15. The topological polar surface area (TPSA) is 24.1 Å². The molecule has 0 saturated heterocycles. The third kappa shape index (κ3) is 3.20. The van der Waals surface area contributed by atoms with Crippen molar-refractivity contribution in [1.29, 1.82) is 0 Å². The molecule has 2 rings (SSSR count). The number of phenols is 1. The number of hydrogen-bond donors (Lipinski definition) is 1. The lowest BCUT2D eigenvalue weighted by molar-refractivity contribution is -0.696. The molecule has 0 atom stereocenters. The first-order valence-corrected chi connectivity index (χ1v) is 6.33. The van der Waals surface area contributed by atoms with Crippen molar-refractivity contribution in [3.8, 4) is 5.75 Å². The molecule has 0 bridgehead atoms. The normalized spacial score (nSPS) is 10.0. The van der Waals surface area contributed by atoms with Crippen LogP contribution in [0.1, 0.15) is 23.2 Å². The third-order valence-electron chi connectivity index (χ3n) is 2.65. The molecule has 1 heterocycles. The molecule has 0 aliphatic heterocycles. The van der Waals surface area contributed by atoms with Crippen LogP contribution in [0.25, 0.3) is 0 Å². The molecule has 0 fully saturated rings. The number of aromatic hydroxyl groups is 1. The SMILES string of the molecule is CCc1scc(C)[n+]1Cc1cccc(O)c1.[Cl-]. The van der Waals surface area contributed by atoms with Gasteiger partial charge in [-0.3, -0.25) is 0 Å². The Kier molecular flexibility index (Phi) is 4.97. The van der Waals surface area contributed by atoms with E-state index >= 15 is 0 Å². The van der Waals surface area contributed by atoms with Gasteiger partial charge in [0.2, 0.25) is 5.01 Å². The fraction of sp³-hybridized carbons (Fsp3) is 0.308. The molecule has 1 N–H and O–H groups in total. The Hall–Kier alpha value is -1.06. The number of benzene rings is 1. The minimum atomic E-state index is 0. The van der Waals surface area contributed by atoms with Crippen molar-refractivity contribution in [2.75, 3.05) is 0 Å². The monoisotopic (exact) mass is 269 g/mol. The van der Waals surface area contributed by atoms with Crippen LogP contribution in [0.3, 0.4) is 0 Å². The number of rotatable bonds is 3. The molecule has 2 aromatic rings. The van der Waals surface area contributed by atoms with Crippen LogP contribution in [-0.4, -0.2) is 5.11 Å². The highest BCUT2D eigenvalue weighted by atomic mass is 35.5. The van der Waals surface area contributed by atoms with Crippen LogP contribution < -0.4 is 17.0 Å². The van der Waals surface area contributed by atoms with Crippen LogP contribution in [0.4, 0.5) is 0 Å². The Bertz CT molecular complexity index is 496. The van der Waals surface area contributed by atoms with Crippen molar-refractivity contribution in [2.24, 2.45) is 0 Å². The van der Waals surface area contributed by atoms with E-state index in [1.165, 1.54) is 10.7 Å². The van der Waals surface area contributed by atoms with E-state index in [9.17, 15) is 5.11 Å². The van der Waals surface area contributed by atoms with E-state index in [2.05, 4.69) is 23.8 Å². The number of hydrogen-bond acceptors (Lipinski definition) is 2. The Morgan fingerprint density at radius 1 is 1.35 bits per heavy atom. The summed E-state index contributed by atoms with van der Waals surface area (Å²) in [5.74, 6) is 0.337. The molecule has 2 nitrogen and oxygen atoms in total. The quantitative estimate of drug-likeness (QED) is 0.758. The van der Waals surface area contributed by atoms with Gasteiger partial charge in [-0.15, -0.1) is 0 Å². The zero-order valence-corrected chi connectivity index (χ0v) is 11.6. The predicted molar refractivity (Wildman–Crippen MR) is 65.8 cm³/mol. The maximum absolute atomic E-state index is 9.43. The molecule has 1 aromatic carbocycles. The largest absolute Gasteiger partial charge is 1.00 e. The second kappa shape index (κ2) is 6.03. The lowest BCUT2D eigenvalue weighted by Crippen LogP contribution is -3.00. The van der Waals surface area contributed by atoms with E-state index in [1.807, 2.05) is 18.2 Å². The first-order chi connectivity index (χ1) is 7.70. The summed E-state index contributed by atoms with van der Waals surface area (Å²) in [5, 5.41) is 13.0. The molecule has 0 saturated carbocycles. The molecule has 0 unspecified atom stereocenters. The molecule has 92 valence electrons. The summed E-state index contributed by atoms with van der Waals surface area (Å²) in [5.41, 5.74) is 2.42. The molecule has 1 aromatic heterocycles. The average Bonchev–Trinajstić information content (AvgIpc) is 2.60. The molecule has 0 aliphatic rings. The van der Waals surface area contributed by atoms with Gasteiger partial charge in [-0.1, -0.05) is 30.4 Å². The maximum atomic E-state index is 9.43. The molecule has 0 aliphatic carbocycles. The number of aromatic nitrogens is 1. The number of aryl methyl sites for hydroxylation is 2. The fourth-order valence-electron chi connectivity index (χ4n) is 1.80. The van der Waals surface area contributed by atoms with Gasteiger partial charge >= 0.3 is 0 Å². The molecule has 0 amide bonds. The van der Waals surface area contributed by atoms with Crippen molar-refractivity contribution >= 4 is 11.3 Å². The average molecular weight is 270 g/mol. The van der Waals surface area contributed by atoms with Gasteiger partial charge in [0.05, 0.1) is 5.38 Å². The van der Waals surface area contributed by atoms with E-state index < -0.39 is 0 Å². The van der Waals surface area contributed by atoms with Crippen molar-refractivity contribution in [2.45, 2.75) is 26.8 Å². The van der Waals surface area contributed by atoms with E-state index in [-0.39, 0.29) is 12.4 Å². The minimum absolute atomic E-state index is 0. The summed E-state index contributed by atoms with van der Waals surface area (Å²) >= 11 is 1.80. The Balaban J connectivity index is 0.00000144. The summed E-state index contributed by atoms with van der Waals surface area (Å²) in [7, 11) is 0. The zero-order valence-electron chi connectivity index (χ0n) is 9.98. The van der Waals surface area contributed by atoms with E-state index in [4.69, 9.17) is 0 Å². The van der Waals surface area contributed by atoms with E-state index in [0.29, 0.717) is 5.75 Å². The lowest BCUT2D eigenvalue weighted by atomic mass is 10.2. The fourth-order valence-corrected chi connectivity index (χ4v) is 2.74. The van der Waals surface area contributed by atoms with E-state index in [0.717, 1.165) is 18.5 Å². The summed E-state index contributed by atoms with van der Waals surface area (Å²) in [6, 6.07) is 7.46. The number of thiazole rings is 1. The van der Waals surface area contributed by atoms with Crippen LogP contribution in [-0.2, 0) is 13.0 Å². The Morgan fingerprint density at radius 2 is 2.12 bits per heavy atom. The molecule has 4 heteroatoms. The van der Waals surface area contributed by atoms with Crippen molar-refractivity contribution < 1.29 is 22.1 Å². The van der Waals surface area contributed by atoms with Crippen LogP contribution in [0.2, 0.25) is 0 Å². The van der Waals surface area contributed by atoms with Crippen LogP contribution in [0, 0.1) is 6.92 Å². The highest BCUT2D eigenvalue weighted by molar-refractivity contribution is 7.09. The molecule has 0 radical (unpaired) electrons. The maximum Gasteiger partial charge on any atom is 0.237 e. The number of nitrogens with zero attached hydrogens (tertiary/aromatic N) is 1. The van der Waals surface area contributed by atoms with Gasteiger partial charge in [0.25, 0.3) is 0 Å². The van der Waals surface area contributed by atoms with Crippen molar-refractivity contribution in [3.63, 3.8) is 0 Å². The number of halogens is 1. The Labute approximate surface area is 112 Å². The van der Waals surface area contributed by atoms with Gasteiger partial charge in [-0.25, -0.2) is 0 Å². The van der Waals surface area contributed by atoms with Gasteiger partial charge in [0.1, 0.15) is 5.75 Å². The molecule has 17 heavy (non-hydrogen) atoms. The smallest absolute Gasteiger partial charge is 0.237 e. The lowest BCUT2D eigenvalue weighted by Gasteiger charge is -2.00. The van der Waals surface area contributed by atoms with Gasteiger partial charge < -0.3 is 17.5 Å². The molecular weight excluding hydrogens is 254 g/mol. The van der Waals surface area contributed by atoms with Crippen LogP contribution in [0.5, 0.6) is 5.75 Å². The second-order valence-corrected chi connectivity index (χ2v) is 4.82. The first-order valence-electron chi connectivity index (χ1n) is 5.45. The first kappa shape index (κ1) is 14.0.